The highest BCUT2D eigenvalue weighted by Gasteiger charge is 2.44. The van der Waals surface area contributed by atoms with E-state index in [0.717, 1.165) is 6.54 Å². The number of carbonyl (C=O) groups excluding carboxylic acids is 1. The molecule has 1 unspecified atom stereocenters. The van der Waals surface area contributed by atoms with Crippen molar-refractivity contribution >= 4 is 5.97 Å². The van der Waals surface area contributed by atoms with E-state index in [9.17, 15) is 9.90 Å². The number of likely N-dealkylation sites (tertiary alicyclic amines) is 1. The topological polar surface area (TPSA) is 49.8 Å². The third-order valence-corrected chi connectivity index (χ3v) is 2.57. The molecule has 0 aliphatic carbocycles. The molecule has 0 radical (unpaired) electrons. The molecular formula is C9H17NO3. The van der Waals surface area contributed by atoms with Gasteiger partial charge in [0.15, 0.2) is 5.60 Å². The summed E-state index contributed by atoms with van der Waals surface area (Å²) in [4.78, 5) is 13.3. The summed E-state index contributed by atoms with van der Waals surface area (Å²) in [5, 5.41) is 9.86. The maximum Gasteiger partial charge on any atom is 0.339 e. The van der Waals surface area contributed by atoms with Gasteiger partial charge in [0.05, 0.1) is 7.11 Å². The smallest absolute Gasteiger partial charge is 0.339 e. The lowest BCUT2D eigenvalue weighted by atomic mass is 10.0. The van der Waals surface area contributed by atoms with Crippen LogP contribution in [0, 0.1) is 0 Å². The molecule has 0 amide bonds. The minimum absolute atomic E-state index is 0.360. The lowest BCUT2D eigenvalue weighted by Gasteiger charge is -2.23. The van der Waals surface area contributed by atoms with Crippen LogP contribution in [0.25, 0.3) is 0 Å². The van der Waals surface area contributed by atoms with E-state index in [0.29, 0.717) is 19.0 Å². The van der Waals surface area contributed by atoms with E-state index < -0.39 is 11.6 Å². The molecule has 0 saturated carbocycles. The van der Waals surface area contributed by atoms with Crippen LogP contribution in [0.1, 0.15) is 20.3 Å². The van der Waals surface area contributed by atoms with Crippen molar-refractivity contribution in [1.82, 2.24) is 4.90 Å². The number of β-amino-alcohol motifs (C(OH)–C–C–N with tert-alkyl or cyclic N) is 1. The molecule has 1 N–H and O–H groups in total. The van der Waals surface area contributed by atoms with Gasteiger partial charge in [-0.15, -0.1) is 0 Å². The van der Waals surface area contributed by atoms with Crippen molar-refractivity contribution < 1.29 is 14.6 Å². The fraction of sp³-hybridized carbons (Fsp3) is 0.889. The second kappa shape index (κ2) is 3.64. The number of rotatable bonds is 2. The molecule has 1 fully saturated rings. The number of esters is 1. The normalized spacial score (nSPS) is 29.6. The first kappa shape index (κ1) is 10.5. The molecule has 0 aromatic rings. The van der Waals surface area contributed by atoms with E-state index in [1.165, 1.54) is 7.11 Å². The van der Waals surface area contributed by atoms with Crippen LogP contribution in [-0.2, 0) is 9.53 Å². The Morgan fingerprint density at radius 1 is 1.62 bits per heavy atom. The largest absolute Gasteiger partial charge is 0.467 e. The molecule has 13 heavy (non-hydrogen) atoms. The number of methoxy groups -OCH3 is 1. The van der Waals surface area contributed by atoms with E-state index in [1.807, 2.05) is 13.8 Å². The monoisotopic (exact) mass is 187 g/mol. The zero-order chi connectivity index (χ0) is 10.1. The van der Waals surface area contributed by atoms with Gasteiger partial charge in [0, 0.05) is 25.6 Å². The minimum atomic E-state index is -1.28. The number of hydrogen-bond acceptors (Lipinski definition) is 4. The van der Waals surface area contributed by atoms with Crippen LogP contribution in [0.15, 0.2) is 0 Å². The molecule has 0 aromatic carbocycles. The number of ether oxygens (including phenoxy) is 1. The molecule has 1 saturated heterocycles. The van der Waals surface area contributed by atoms with Crippen LogP contribution < -0.4 is 0 Å². The molecule has 76 valence electrons. The Balaban J connectivity index is 2.61. The second-order valence-electron chi connectivity index (χ2n) is 3.84. The van der Waals surface area contributed by atoms with E-state index in [4.69, 9.17) is 0 Å². The first-order chi connectivity index (χ1) is 5.99. The fourth-order valence-corrected chi connectivity index (χ4v) is 1.62. The Bertz CT molecular complexity index is 205. The highest BCUT2D eigenvalue weighted by atomic mass is 16.5. The van der Waals surface area contributed by atoms with Crippen molar-refractivity contribution in [1.29, 1.82) is 0 Å². The summed E-state index contributed by atoms with van der Waals surface area (Å²) in [7, 11) is 1.30. The van der Waals surface area contributed by atoms with Crippen molar-refractivity contribution in [3.63, 3.8) is 0 Å². The Morgan fingerprint density at radius 3 is 2.62 bits per heavy atom. The van der Waals surface area contributed by atoms with Crippen LogP contribution in [0.5, 0.6) is 0 Å². The summed E-state index contributed by atoms with van der Waals surface area (Å²) in [6, 6.07) is 0.360. The fourth-order valence-electron chi connectivity index (χ4n) is 1.62. The van der Waals surface area contributed by atoms with Crippen LogP contribution in [-0.4, -0.2) is 47.8 Å². The average Bonchev–Trinajstić information content (AvgIpc) is 2.48. The Labute approximate surface area is 78.5 Å². The molecule has 1 atom stereocenters. The molecule has 1 aliphatic rings. The quantitative estimate of drug-likeness (QED) is 0.618. The van der Waals surface area contributed by atoms with E-state index in [2.05, 4.69) is 9.64 Å². The molecule has 0 spiro atoms. The zero-order valence-electron chi connectivity index (χ0n) is 8.41. The minimum Gasteiger partial charge on any atom is -0.467 e. The summed E-state index contributed by atoms with van der Waals surface area (Å²) >= 11 is 0. The Hall–Kier alpha value is -0.610. The SMILES string of the molecule is COC(=O)C1(O)CCN(C(C)C)C1. The van der Waals surface area contributed by atoms with Gasteiger partial charge in [-0.05, 0) is 13.8 Å². The molecule has 1 rings (SSSR count). The summed E-state index contributed by atoms with van der Waals surface area (Å²) < 4.78 is 4.55. The first-order valence-electron chi connectivity index (χ1n) is 4.54. The summed E-state index contributed by atoms with van der Waals surface area (Å²) in [6.07, 6.45) is 0.470. The second-order valence-corrected chi connectivity index (χ2v) is 3.84. The maximum atomic E-state index is 11.2. The first-order valence-corrected chi connectivity index (χ1v) is 4.54. The standard InChI is InChI=1S/C9H17NO3/c1-7(2)10-5-4-9(12,6-10)8(11)13-3/h7,12H,4-6H2,1-3H3. The van der Waals surface area contributed by atoms with Crippen molar-refractivity contribution in [3.8, 4) is 0 Å². The van der Waals surface area contributed by atoms with Gasteiger partial charge in [-0.2, -0.15) is 0 Å². The van der Waals surface area contributed by atoms with Gasteiger partial charge in [-0.25, -0.2) is 4.79 Å². The molecule has 0 aromatic heterocycles. The number of aliphatic hydroxyl groups is 1. The Kier molecular flexibility index (Phi) is 2.93. The van der Waals surface area contributed by atoms with Crippen molar-refractivity contribution in [3.05, 3.63) is 0 Å². The molecule has 1 heterocycles. The lowest BCUT2D eigenvalue weighted by molar-refractivity contribution is -0.160. The van der Waals surface area contributed by atoms with Gasteiger partial charge < -0.3 is 9.84 Å². The highest BCUT2D eigenvalue weighted by molar-refractivity contribution is 5.79. The molecule has 1 aliphatic heterocycles. The summed E-state index contributed by atoms with van der Waals surface area (Å²) in [5.74, 6) is -0.518. The molecule has 4 nitrogen and oxygen atoms in total. The van der Waals surface area contributed by atoms with Gasteiger partial charge in [0.25, 0.3) is 0 Å². The van der Waals surface area contributed by atoms with Crippen LogP contribution in [0.3, 0.4) is 0 Å². The van der Waals surface area contributed by atoms with Crippen molar-refractivity contribution in [2.45, 2.75) is 31.9 Å². The maximum absolute atomic E-state index is 11.2. The molecule has 4 heteroatoms. The zero-order valence-corrected chi connectivity index (χ0v) is 8.41. The number of hydrogen-bond donors (Lipinski definition) is 1. The lowest BCUT2D eigenvalue weighted by Crippen LogP contribution is -2.43. The number of carbonyl (C=O) groups is 1. The van der Waals surface area contributed by atoms with Crippen LogP contribution in [0.4, 0.5) is 0 Å². The highest BCUT2D eigenvalue weighted by Crippen LogP contribution is 2.23. The average molecular weight is 187 g/mol. The third-order valence-electron chi connectivity index (χ3n) is 2.57. The Morgan fingerprint density at radius 2 is 2.23 bits per heavy atom. The third kappa shape index (κ3) is 2.00. The summed E-state index contributed by atoms with van der Waals surface area (Å²) in [5.41, 5.74) is -1.28. The van der Waals surface area contributed by atoms with Crippen molar-refractivity contribution in [2.24, 2.45) is 0 Å². The van der Waals surface area contributed by atoms with Gasteiger partial charge in [0.1, 0.15) is 0 Å². The van der Waals surface area contributed by atoms with Gasteiger partial charge in [0.2, 0.25) is 0 Å². The predicted molar refractivity (Wildman–Crippen MR) is 48.3 cm³/mol. The van der Waals surface area contributed by atoms with E-state index in [1.54, 1.807) is 0 Å². The predicted octanol–water partition coefficient (Wildman–Crippen LogP) is 0.00460. The van der Waals surface area contributed by atoms with Gasteiger partial charge in [-0.1, -0.05) is 0 Å². The van der Waals surface area contributed by atoms with Crippen LogP contribution >= 0.6 is 0 Å². The molecular weight excluding hydrogens is 170 g/mol. The van der Waals surface area contributed by atoms with E-state index in [-0.39, 0.29) is 0 Å². The van der Waals surface area contributed by atoms with Gasteiger partial charge >= 0.3 is 5.97 Å². The van der Waals surface area contributed by atoms with E-state index >= 15 is 0 Å². The summed E-state index contributed by atoms with van der Waals surface area (Å²) in [6.45, 7) is 5.23. The van der Waals surface area contributed by atoms with Gasteiger partial charge in [-0.3, -0.25) is 4.90 Å². The van der Waals surface area contributed by atoms with Crippen molar-refractivity contribution in [2.75, 3.05) is 20.2 Å². The van der Waals surface area contributed by atoms with Crippen LogP contribution in [0.2, 0.25) is 0 Å². The molecule has 0 bridgehead atoms. The number of nitrogens with zero attached hydrogens (tertiary/aromatic N) is 1.